The monoisotopic (exact) mass is 499 g/mol. The molecule has 180 valence electrons. The van der Waals surface area contributed by atoms with Gasteiger partial charge in [0.2, 0.25) is 0 Å². The Hall–Kier alpha value is -3.85. The predicted molar refractivity (Wildman–Crippen MR) is 126 cm³/mol. The van der Waals surface area contributed by atoms with E-state index in [1.54, 1.807) is 23.0 Å². The molecule has 4 rings (SSSR count). The van der Waals surface area contributed by atoms with Gasteiger partial charge >= 0.3 is 12.1 Å². The molecule has 2 aromatic carbocycles. The Labute approximate surface area is 203 Å². The highest BCUT2D eigenvalue weighted by Gasteiger charge is 2.30. The second kappa shape index (κ2) is 10.2. The average molecular weight is 500 g/mol. The molecule has 0 amide bonds. The smallest absolute Gasteiger partial charge is 0.416 e. The summed E-state index contributed by atoms with van der Waals surface area (Å²) in [5.41, 5.74) is 1.48. The molecule has 2 heterocycles. The van der Waals surface area contributed by atoms with Crippen LogP contribution in [-0.2, 0) is 23.9 Å². The number of ether oxygens (including phenoxy) is 1. The second-order valence-corrected chi connectivity index (χ2v) is 8.75. The van der Waals surface area contributed by atoms with E-state index in [-0.39, 0.29) is 17.8 Å². The van der Waals surface area contributed by atoms with Crippen molar-refractivity contribution in [1.29, 1.82) is 0 Å². The van der Waals surface area contributed by atoms with E-state index in [0.29, 0.717) is 24.5 Å². The van der Waals surface area contributed by atoms with Gasteiger partial charge in [0, 0.05) is 28.4 Å². The van der Waals surface area contributed by atoms with Crippen LogP contribution in [0.5, 0.6) is 5.75 Å². The maximum atomic E-state index is 12.7. The summed E-state index contributed by atoms with van der Waals surface area (Å²) in [6.07, 6.45) is -1.15. The molecule has 2 aromatic heterocycles. The van der Waals surface area contributed by atoms with Crippen molar-refractivity contribution in [3.8, 4) is 16.9 Å². The minimum absolute atomic E-state index is 0.0424. The normalized spacial score (nSPS) is 11.4. The van der Waals surface area contributed by atoms with Gasteiger partial charge in [-0.05, 0) is 52.9 Å². The molecule has 0 atom stereocenters. The first-order chi connectivity index (χ1) is 16.7. The van der Waals surface area contributed by atoms with Crippen molar-refractivity contribution in [3.05, 3.63) is 100 Å². The van der Waals surface area contributed by atoms with Gasteiger partial charge < -0.3 is 14.4 Å². The minimum atomic E-state index is -4.45. The lowest BCUT2D eigenvalue weighted by molar-refractivity contribution is -0.138. The molecule has 0 saturated heterocycles. The van der Waals surface area contributed by atoms with Crippen LogP contribution in [0.1, 0.15) is 26.4 Å². The van der Waals surface area contributed by atoms with Crippen LogP contribution in [0.4, 0.5) is 13.2 Å². The number of carbonyl (C=O) groups is 2. The number of alkyl halides is 3. The molecular formula is C26H20F3NO4S. The Morgan fingerprint density at radius 2 is 1.77 bits per heavy atom. The lowest BCUT2D eigenvalue weighted by Gasteiger charge is -2.09. The van der Waals surface area contributed by atoms with Gasteiger partial charge in [-0.1, -0.05) is 24.3 Å². The van der Waals surface area contributed by atoms with E-state index in [9.17, 15) is 22.8 Å². The molecule has 0 aliphatic carbocycles. The molecule has 0 saturated carbocycles. The zero-order valence-electron chi connectivity index (χ0n) is 18.3. The van der Waals surface area contributed by atoms with Crippen LogP contribution >= 0.6 is 11.3 Å². The summed E-state index contributed by atoms with van der Waals surface area (Å²) in [4.78, 5) is 24.5. The fourth-order valence-electron chi connectivity index (χ4n) is 3.59. The summed E-state index contributed by atoms with van der Waals surface area (Å²) in [6, 6.07) is 15.0. The molecule has 0 bridgehead atoms. The first kappa shape index (κ1) is 24.3. The van der Waals surface area contributed by atoms with E-state index < -0.39 is 17.7 Å². The highest BCUT2D eigenvalue weighted by molar-refractivity contribution is 7.10. The van der Waals surface area contributed by atoms with Gasteiger partial charge in [0.1, 0.15) is 12.4 Å². The van der Waals surface area contributed by atoms with E-state index in [0.717, 1.165) is 28.1 Å². The SMILES string of the molecule is O=C(O)Cc1sccc1-c1cccc(OCCn2ccc(C(=O)c3ccc(C(F)(F)F)cc3)c2)c1. The van der Waals surface area contributed by atoms with E-state index in [2.05, 4.69) is 0 Å². The molecule has 1 N–H and O–H groups in total. The summed E-state index contributed by atoms with van der Waals surface area (Å²) in [5.74, 6) is -0.619. The van der Waals surface area contributed by atoms with Crippen LogP contribution in [0.2, 0.25) is 0 Å². The zero-order chi connectivity index (χ0) is 25.0. The largest absolute Gasteiger partial charge is 0.492 e. The molecule has 4 aromatic rings. The number of aromatic nitrogens is 1. The number of ketones is 1. The maximum absolute atomic E-state index is 12.7. The lowest BCUT2D eigenvalue weighted by atomic mass is 10.0. The summed E-state index contributed by atoms with van der Waals surface area (Å²) in [6.45, 7) is 0.769. The Morgan fingerprint density at radius 1 is 1.00 bits per heavy atom. The molecule has 5 nitrogen and oxygen atoms in total. The Bertz CT molecular complexity index is 1340. The number of hydrogen-bond acceptors (Lipinski definition) is 4. The first-order valence-electron chi connectivity index (χ1n) is 10.6. The number of carboxylic acids is 1. The van der Waals surface area contributed by atoms with Crippen LogP contribution in [0.15, 0.2) is 78.4 Å². The number of halogens is 3. The summed E-state index contributed by atoms with van der Waals surface area (Å²) >= 11 is 1.40. The van der Waals surface area contributed by atoms with Crippen molar-refractivity contribution in [1.82, 2.24) is 4.57 Å². The summed E-state index contributed by atoms with van der Waals surface area (Å²) in [7, 11) is 0. The third kappa shape index (κ3) is 5.99. The predicted octanol–water partition coefficient (Wildman–Crippen LogP) is 6.17. The van der Waals surface area contributed by atoms with Crippen LogP contribution in [-0.4, -0.2) is 28.0 Å². The quantitative estimate of drug-likeness (QED) is 0.280. The number of nitrogens with zero attached hydrogens (tertiary/aromatic N) is 1. The number of rotatable bonds is 9. The van der Waals surface area contributed by atoms with Crippen LogP contribution in [0.25, 0.3) is 11.1 Å². The molecule has 0 spiro atoms. The van der Waals surface area contributed by atoms with Crippen molar-refractivity contribution in [2.75, 3.05) is 6.61 Å². The number of thiophene rings is 1. The Kier molecular flexibility index (Phi) is 7.07. The number of carbonyl (C=O) groups excluding carboxylic acids is 1. The molecule has 0 radical (unpaired) electrons. The summed E-state index contributed by atoms with van der Waals surface area (Å²) in [5, 5.41) is 11.0. The lowest BCUT2D eigenvalue weighted by Crippen LogP contribution is -2.07. The highest BCUT2D eigenvalue weighted by Crippen LogP contribution is 2.31. The fraction of sp³-hybridized carbons (Fsp3) is 0.154. The number of benzene rings is 2. The Morgan fingerprint density at radius 3 is 2.49 bits per heavy atom. The van der Waals surface area contributed by atoms with Crippen molar-refractivity contribution < 1.29 is 32.6 Å². The minimum Gasteiger partial charge on any atom is -0.492 e. The highest BCUT2D eigenvalue weighted by atomic mass is 32.1. The molecular weight excluding hydrogens is 479 g/mol. The van der Waals surface area contributed by atoms with Crippen LogP contribution in [0, 0.1) is 0 Å². The number of hydrogen-bond donors (Lipinski definition) is 1. The molecule has 0 unspecified atom stereocenters. The Balaban J connectivity index is 1.36. The van der Waals surface area contributed by atoms with Gasteiger partial charge in [0.15, 0.2) is 5.78 Å². The standard InChI is InChI=1S/C26H20F3NO4S/c27-26(28,29)20-6-4-17(5-7-20)25(33)19-8-10-30(16-19)11-12-34-21-3-1-2-18(14-21)22-9-13-35-23(22)15-24(31)32/h1-10,13-14,16H,11-12,15H2,(H,31,32). The second-order valence-electron chi connectivity index (χ2n) is 7.75. The van der Waals surface area contributed by atoms with Gasteiger partial charge in [-0.3, -0.25) is 9.59 Å². The van der Waals surface area contributed by atoms with E-state index in [1.165, 1.54) is 23.5 Å². The molecule has 0 aliphatic rings. The first-order valence-corrected chi connectivity index (χ1v) is 11.5. The zero-order valence-corrected chi connectivity index (χ0v) is 19.1. The average Bonchev–Trinajstić information content (AvgIpc) is 3.48. The van der Waals surface area contributed by atoms with E-state index in [1.807, 2.05) is 35.7 Å². The van der Waals surface area contributed by atoms with Crippen molar-refractivity contribution in [2.24, 2.45) is 0 Å². The van der Waals surface area contributed by atoms with E-state index >= 15 is 0 Å². The van der Waals surface area contributed by atoms with Crippen molar-refractivity contribution in [2.45, 2.75) is 19.1 Å². The van der Waals surface area contributed by atoms with Gasteiger partial charge in [-0.25, -0.2) is 0 Å². The molecule has 0 fully saturated rings. The van der Waals surface area contributed by atoms with Gasteiger partial charge in [0.05, 0.1) is 18.5 Å². The third-order valence-electron chi connectivity index (χ3n) is 5.31. The van der Waals surface area contributed by atoms with Gasteiger partial charge in [0.25, 0.3) is 0 Å². The number of aliphatic carboxylic acids is 1. The van der Waals surface area contributed by atoms with Gasteiger partial charge in [-0.15, -0.1) is 11.3 Å². The summed E-state index contributed by atoms with van der Waals surface area (Å²) < 4.78 is 45.8. The number of carboxylic acid groups (broad SMARTS) is 1. The molecule has 9 heteroatoms. The molecule has 0 aliphatic heterocycles. The van der Waals surface area contributed by atoms with Crippen LogP contribution < -0.4 is 4.74 Å². The topological polar surface area (TPSA) is 68.5 Å². The van der Waals surface area contributed by atoms with Crippen LogP contribution in [0.3, 0.4) is 0 Å². The van der Waals surface area contributed by atoms with Crippen molar-refractivity contribution >= 4 is 23.1 Å². The molecule has 35 heavy (non-hydrogen) atoms. The van der Waals surface area contributed by atoms with Crippen molar-refractivity contribution in [3.63, 3.8) is 0 Å². The fourth-order valence-corrected chi connectivity index (χ4v) is 4.47. The third-order valence-corrected chi connectivity index (χ3v) is 6.23. The van der Waals surface area contributed by atoms with Gasteiger partial charge in [-0.2, -0.15) is 13.2 Å². The van der Waals surface area contributed by atoms with E-state index in [4.69, 9.17) is 9.84 Å². The maximum Gasteiger partial charge on any atom is 0.416 e.